The van der Waals surface area contributed by atoms with Crippen LogP contribution in [0.15, 0.2) is 54.7 Å². The molecule has 0 fully saturated rings. The van der Waals surface area contributed by atoms with Crippen molar-refractivity contribution in [1.29, 1.82) is 10.5 Å². The molecule has 168 valence electrons. The molecule has 0 radical (unpaired) electrons. The highest BCUT2D eigenvalue weighted by Crippen LogP contribution is 2.26. The average molecular weight is 462 g/mol. The minimum absolute atomic E-state index is 0.457. The summed E-state index contributed by atoms with van der Waals surface area (Å²) in [6.45, 7) is 4.02. The number of nitrogens with one attached hydrogen (secondary N) is 2. The topological polar surface area (TPSA) is 178 Å². The standard InChI is InChI=1S/C22H18N6.H2O4S/c1-15-12-18(4-3-10-23)13-16(2)21(15)27-20-9-11-25-22(28-20)26-19-7-5-17(14-24)6-8-19;1-5(2,3)4/h3-9,11-13H,1-2H3,(H2,25,26,27,28);(H2,1,2,3,4)/p-2/b4-3+;. The van der Waals surface area contributed by atoms with E-state index in [2.05, 4.69) is 26.7 Å². The van der Waals surface area contributed by atoms with Crippen LogP contribution in [0.1, 0.15) is 22.3 Å². The van der Waals surface area contributed by atoms with E-state index < -0.39 is 10.4 Å². The highest BCUT2D eigenvalue weighted by molar-refractivity contribution is 7.79. The molecule has 2 N–H and O–H groups in total. The Morgan fingerprint density at radius 1 is 1.00 bits per heavy atom. The summed E-state index contributed by atoms with van der Waals surface area (Å²) >= 11 is 0. The zero-order chi connectivity index (χ0) is 24.4. The van der Waals surface area contributed by atoms with Crippen LogP contribution in [0.5, 0.6) is 0 Å². The summed E-state index contributed by atoms with van der Waals surface area (Å²) in [6, 6.07) is 17.0. The van der Waals surface area contributed by atoms with Crippen molar-refractivity contribution < 1.29 is 17.5 Å². The first-order chi connectivity index (χ1) is 15.6. The number of nitriles is 2. The first-order valence-corrected chi connectivity index (χ1v) is 10.6. The van der Waals surface area contributed by atoms with Gasteiger partial charge in [0, 0.05) is 34.0 Å². The van der Waals surface area contributed by atoms with Gasteiger partial charge in [-0.2, -0.15) is 15.5 Å². The molecule has 0 atom stereocenters. The van der Waals surface area contributed by atoms with Crippen LogP contribution in [0, 0.1) is 36.5 Å². The molecule has 3 rings (SSSR count). The summed E-state index contributed by atoms with van der Waals surface area (Å²) in [5, 5.41) is 24.0. The average Bonchev–Trinajstić information content (AvgIpc) is 2.74. The number of rotatable bonds is 5. The number of nitrogens with zero attached hydrogens (tertiary/aromatic N) is 4. The number of aryl methyl sites for hydroxylation is 2. The highest BCUT2D eigenvalue weighted by atomic mass is 32.3. The molecule has 0 saturated carbocycles. The molecule has 0 aliphatic heterocycles. The van der Waals surface area contributed by atoms with E-state index in [9.17, 15) is 0 Å². The summed E-state index contributed by atoms with van der Waals surface area (Å²) in [4.78, 5) is 8.75. The van der Waals surface area contributed by atoms with Crippen molar-refractivity contribution in [2.45, 2.75) is 13.8 Å². The predicted molar refractivity (Wildman–Crippen MR) is 121 cm³/mol. The highest BCUT2D eigenvalue weighted by Gasteiger charge is 2.07. The van der Waals surface area contributed by atoms with Gasteiger partial charge in [-0.15, -0.1) is 0 Å². The molecular weight excluding hydrogens is 444 g/mol. The Labute approximate surface area is 191 Å². The lowest BCUT2D eigenvalue weighted by molar-refractivity contribution is 0.352. The number of hydrogen-bond donors (Lipinski definition) is 2. The molecule has 0 aliphatic rings. The fourth-order valence-electron chi connectivity index (χ4n) is 2.80. The van der Waals surface area contributed by atoms with Gasteiger partial charge in [-0.25, -0.2) is 4.98 Å². The number of anilines is 4. The van der Waals surface area contributed by atoms with Crippen LogP contribution in [0.3, 0.4) is 0 Å². The normalized spacial score (nSPS) is 10.5. The van der Waals surface area contributed by atoms with Gasteiger partial charge in [-0.3, -0.25) is 8.42 Å². The first-order valence-electron chi connectivity index (χ1n) is 9.30. The molecule has 0 bridgehead atoms. The van der Waals surface area contributed by atoms with E-state index in [1.165, 1.54) is 6.08 Å². The summed E-state index contributed by atoms with van der Waals surface area (Å²) in [7, 11) is -5.17. The zero-order valence-electron chi connectivity index (χ0n) is 17.6. The van der Waals surface area contributed by atoms with Crippen LogP contribution in [-0.4, -0.2) is 27.5 Å². The lowest BCUT2D eigenvalue weighted by Crippen LogP contribution is -2.02. The number of aromatic nitrogens is 2. The maximum Gasteiger partial charge on any atom is 0.229 e. The Balaban J connectivity index is 0.000000696. The lowest BCUT2D eigenvalue weighted by atomic mass is 10.0. The third-order valence-electron chi connectivity index (χ3n) is 4.08. The Bertz CT molecular complexity index is 1310. The van der Waals surface area contributed by atoms with Crippen molar-refractivity contribution in [1.82, 2.24) is 9.97 Å². The molecule has 3 aromatic rings. The van der Waals surface area contributed by atoms with Crippen molar-refractivity contribution >= 4 is 39.6 Å². The lowest BCUT2D eigenvalue weighted by Gasteiger charge is -2.14. The number of benzene rings is 2. The molecule has 0 amide bonds. The van der Waals surface area contributed by atoms with E-state index in [1.54, 1.807) is 30.5 Å². The minimum atomic E-state index is -5.17. The minimum Gasteiger partial charge on any atom is -0.759 e. The third kappa shape index (κ3) is 8.77. The van der Waals surface area contributed by atoms with E-state index in [0.717, 1.165) is 28.1 Å². The second-order valence-corrected chi connectivity index (χ2v) is 7.42. The maximum absolute atomic E-state index is 8.88. The van der Waals surface area contributed by atoms with Gasteiger partial charge >= 0.3 is 0 Å². The predicted octanol–water partition coefficient (Wildman–Crippen LogP) is 3.65. The van der Waals surface area contributed by atoms with Crippen LogP contribution in [0.2, 0.25) is 0 Å². The fraction of sp³-hybridized carbons (Fsp3) is 0.0909. The first kappa shape index (κ1) is 25.0. The molecule has 0 unspecified atom stereocenters. The monoisotopic (exact) mass is 462 g/mol. The van der Waals surface area contributed by atoms with Crippen LogP contribution in [0.25, 0.3) is 6.08 Å². The Hall–Kier alpha value is -4.29. The number of allylic oxidation sites excluding steroid dienone is 1. The molecule has 1 heterocycles. The van der Waals surface area contributed by atoms with Crippen molar-refractivity contribution in [3.63, 3.8) is 0 Å². The van der Waals surface area contributed by atoms with Crippen LogP contribution in [0.4, 0.5) is 23.1 Å². The van der Waals surface area contributed by atoms with Gasteiger partial charge in [0.25, 0.3) is 0 Å². The molecule has 2 aromatic carbocycles. The molecule has 0 spiro atoms. The molecule has 11 heteroatoms. The summed E-state index contributed by atoms with van der Waals surface area (Å²) in [5.74, 6) is 1.12. The third-order valence-corrected chi connectivity index (χ3v) is 4.08. The SMILES string of the molecule is Cc1cc(/C=C/C#N)cc(C)c1Nc1ccnc(Nc2ccc(C#N)cc2)n1.O=S(=O)([O-])[O-]. The van der Waals surface area contributed by atoms with E-state index >= 15 is 0 Å². The van der Waals surface area contributed by atoms with Gasteiger partial charge in [0.1, 0.15) is 5.82 Å². The quantitative estimate of drug-likeness (QED) is 0.323. The van der Waals surface area contributed by atoms with Crippen molar-refractivity contribution in [3.05, 3.63) is 77.0 Å². The molecular formula is C22H18N6O4S-2. The van der Waals surface area contributed by atoms with Gasteiger partial charge in [0.2, 0.25) is 5.95 Å². The fourth-order valence-corrected chi connectivity index (χ4v) is 2.80. The largest absolute Gasteiger partial charge is 0.759 e. The van der Waals surface area contributed by atoms with Crippen LogP contribution in [-0.2, 0) is 10.4 Å². The van der Waals surface area contributed by atoms with Gasteiger partial charge in [0.05, 0.1) is 17.7 Å². The summed E-state index contributed by atoms with van der Waals surface area (Å²) < 4.78 is 34.1. The molecule has 1 aromatic heterocycles. The summed E-state index contributed by atoms with van der Waals surface area (Å²) in [5.41, 5.74) is 5.46. The van der Waals surface area contributed by atoms with E-state index in [0.29, 0.717) is 17.3 Å². The molecule has 0 saturated heterocycles. The molecule has 33 heavy (non-hydrogen) atoms. The van der Waals surface area contributed by atoms with Gasteiger partial charge in [0.15, 0.2) is 0 Å². The van der Waals surface area contributed by atoms with E-state index in [4.69, 9.17) is 28.0 Å². The molecule has 0 aliphatic carbocycles. The van der Waals surface area contributed by atoms with Crippen molar-refractivity contribution in [3.8, 4) is 12.1 Å². The van der Waals surface area contributed by atoms with Gasteiger partial charge < -0.3 is 19.7 Å². The number of hydrogen-bond acceptors (Lipinski definition) is 10. The van der Waals surface area contributed by atoms with E-state index in [-0.39, 0.29) is 0 Å². The smallest absolute Gasteiger partial charge is 0.229 e. The molecule has 10 nitrogen and oxygen atoms in total. The zero-order valence-corrected chi connectivity index (χ0v) is 18.4. The van der Waals surface area contributed by atoms with Crippen LogP contribution < -0.4 is 10.6 Å². The van der Waals surface area contributed by atoms with Crippen LogP contribution >= 0.6 is 0 Å². The second kappa shape index (κ2) is 11.4. The van der Waals surface area contributed by atoms with Crippen molar-refractivity contribution in [2.24, 2.45) is 0 Å². The summed E-state index contributed by atoms with van der Waals surface area (Å²) in [6.07, 6.45) is 4.93. The Kier molecular flexibility index (Phi) is 8.60. The van der Waals surface area contributed by atoms with E-state index in [1.807, 2.05) is 44.2 Å². The maximum atomic E-state index is 8.88. The Morgan fingerprint density at radius 3 is 2.15 bits per heavy atom. The Morgan fingerprint density at radius 2 is 1.61 bits per heavy atom. The van der Waals surface area contributed by atoms with Gasteiger partial charge in [-0.05, 0) is 79.1 Å². The van der Waals surface area contributed by atoms with Crippen molar-refractivity contribution in [2.75, 3.05) is 10.6 Å². The second-order valence-electron chi connectivity index (χ2n) is 6.61. The van der Waals surface area contributed by atoms with Gasteiger partial charge in [-0.1, -0.05) is 0 Å².